The van der Waals surface area contributed by atoms with E-state index < -0.39 is 6.10 Å². The van der Waals surface area contributed by atoms with Crippen LogP contribution in [-0.2, 0) is 17.6 Å². The summed E-state index contributed by atoms with van der Waals surface area (Å²) < 4.78 is 0. The van der Waals surface area contributed by atoms with Gasteiger partial charge in [-0.15, -0.1) is 11.3 Å². The van der Waals surface area contributed by atoms with E-state index in [1.807, 2.05) is 35.7 Å². The van der Waals surface area contributed by atoms with Crippen LogP contribution in [0.2, 0.25) is 0 Å². The van der Waals surface area contributed by atoms with Gasteiger partial charge in [-0.1, -0.05) is 30.3 Å². The number of rotatable bonds is 7. The van der Waals surface area contributed by atoms with E-state index in [-0.39, 0.29) is 24.9 Å². The van der Waals surface area contributed by atoms with Gasteiger partial charge in [0, 0.05) is 11.9 Å². The number of benzene rings is 1. The molecule has 0 aliphatic heterocycles. The Morgan fingerprint density at radius 3 is 2.82 bits per heavy atom. The first-order chi connectivity index (χ1) is 10.5. The highest BCUT2D eigenvalue weighted by Gasteiger charge is 2.13. The van der Waals surface area contributed by atoms with Crippen LogP contribution in [0.1, 0.15) is 29.2 Å². The molecule has 6 heteroatoms. The number of carbonyl (C=O) groups excluding carboxylic acids is 1. The Morgan fingerprint density at radius 1 is 1.41 bits per heavy atom. The Kier molecular flexibility index (Phi) is 6.06. The SMILES string of the molecule is CC(O)CNC(=O)Cc1csc(C(N)Cc2ccccc2)n1. The molecule has 4 N–H and O–H groups in total. The van der Waals surface area contributed by atoms with E-state index >= 15 is 0 Å². The van der Waals surface area contributed by atoms with Gasteiger partial charge in [0.05, 0.1) is 24.3 Å². The lowest BCUT2D eigenvalue weighted by Gasteiger charge is -2.08. The maximum absolute atomic E-state index is 11.7. The molecule has 2 unspecified atom stereocenters. The van der Waals surface area contributed by atoms with Crippen LogP contribution in [0.3, 0.4) is 0 Å². The van der Waals surface area contributed by atoms with Crippen molar-refractivity contribution in [2.75, 3.05) is 6.54 Å². The predicted molar refractivity (Wildman–Crippen MR) is 87.6 cm³/mol. The van der Waals surface area contributed by atoms with Gasteiger partial charge in [-0.3, -0.25) is 4.79 Å². The Hall–Kier alpha value is -1.76. The highest BCUT2D eigenvalue weighted by atomic mass is 32.1. The van der Waals surface area contributed by atoms with Crippen molar-refractivity contribution in [2.24, 2.45) is 5.73 Å². The molecule has 5 nitrogen and oxygen atoms in total. The lowest BCUT2D eigenvalue weighted by Crippen LogP contribution is -2.31. The fraction of sp³-hybridized carbons (Fsp3) is 0.375. The quantitative estimate of drug-likeness (QED) is 0.720. The lowest BCUT2D eigenvalue weighted by molar-refractivity contribution is -0.120. The Labute approximate surface area is 134 Å². The Morgan fingerprint density at radius 2 is 2.14 bits per heavy atom. The van der Waals surface area contributed by atoms with E-state index in [4.69, 9.17) is 10.8 Å². The third-order valence-corrected chi connectivity index (χ3v) is 4.15. The van der Waals surface area contributed by atoms with E-state index in [1.165, 1.54) is 16.9 Å². The first-order valence-corrected chi connectivity index (χ1v) is 8.11. The van der Waals surface area contributed by atoms with Crippen LogP contribution in [0.4, 0.5) is 0 Å². The minimum Gasteiger partial charge on any atom is -0.392 e. The fourth-order valence-electron chi connectivity index (χ4n) is 2.02. The van der Waals surface area contributed by atoms with Gasteiger partial charge < -0.3 is 16.2 Å². The lowest BCUT2D eigenvalue weighted by atomic mass is 10.1. The molecule has 0 spiro atoms. The molecule has 0 fully saturated rings. The first kappa shape index (κ1) is 16.6. The van der Waals surface area contributed by atoms with Gasteiger partial charge in [0.25, 0.3) is 0 Å². The molecule has 2 atom stereocenters. The molecule has 0 radical (unpaired) electrons. The maximum Gasteiger partial charge on any atom is 0.226 e. The summed E-state index contributed by atoms with van der Waals surface area (Å²) in [5.74, 6) is -0.144. The molecule has 2 aromatic rings. The van der Waals surface area contributed by atoms with Crippen molar-refractivity contribution in [3.05, 3.63) is 52.0 Å². The number of aliphatic hydroxyl groups is 1. The van der Waals surface area contributed by atoms with Crippen LogP contribution < -0.4 is 11.1 Å². The summed E-state index contributed by atoms with van der Waals surface area (Å²) in [6.45, 7) is 1.88. The summed E-state index contributed by atoms with van der Waals surface area (Å²) in [5, 5.41) is 14.5. The summed E-state index contributed by atoms with van der Waals surface area (Å²) in [6.07, 6.45) is 0.387. The predicted octanol–water partition coefficient (Wildman–Crippen LogP) is 1.43. The second-order valence-electron chi connectivity index (χ2n) is 5.30. The van der Waals surface area contributed by atoms with Gasteiger partial charge in [-0.2, -0.15) is 0 Å². The Balaban J connectivity index is 1.89. The van der Waals surface area contributed by atoms with Crippen molar-refractivity contribution in [1.82, 2.24) is 10.3 Å². The van der Waals surface area contributed by atoms with Gasteiger partial charge in [-0.05, 0) is 18.9 Å². The molecule has 0 saturated heterocycles. The van der Waals surface area contributed by atoms with Crippen molar-refractivity contribution < 1.29 is 9.90 Å². The van der Waals surface area contributed by atoms with Gasteiger partial charge in [0.15, 0.2) is 0 Å². The monoisotopic (exact) mass is 319 g/mol. The average molecular weight is 319 g/mol. The van der Waals surface area contributed by atoms with Crippen molar-refractivity contribution in [3.63, 3.8) is 0 Å². The van der Waals surface area contributed by atoms with E-state index in [9.17, 15) is 4.79 Å². The average Bonchev–Trinajstić information content (AvgIpc) is 2.95. The minimum atomic E-state index is -0.547. The molecule has 0 saturated carbocycles. The molecule has 1 aromatic heterocycles. The zero-order valence-electron chi connectivity index (χ0n) is 12.5. The zero-order valence-corrected chi connectivity index (χ0v) is 13.3. The van der Waals surface area contributed by atoms with E-state index in [2.05, 4.69) is 10.3 Å². The molecule has 1 aromatic carbocycles. The van der Waals surface area contributed by atoms with E-state index in [0.29, 0.717) is 5.69 Å². The zero-order chi connectivity index (χ0) is 15.9. The summed E-state index contributed by atoms with van der Waals surface area (Å²) in [7, 11) is 0. The molecule has 22 heavy (non-hydrogen) atoms. The summed E-state index contributed by atoms with van der Waals surface area (Å²) in [5.41, 5.74) is 8.07. The van der Waals surface area contributed by atoms with Crippen molar-refractivity contribution >= 4 is 17.2 Å². The van der Waals surface area contributed by atoms with Crippen LogP contribution in [0.15, 0.2) is 35.7 Å². The molecule has 2 rings (SSSR count). The maximum atomic E-state index is 11.7. The van der Waals surface area contributed by atoms with E-state index in [1.54, 1.807) is 6.92 Å². The number of carbonyl (C=O) groups is 1. The molecule has 1 amide bonds. The van der Waals surface area contributed by atoms with Gasteiger partial charge in [-0.25, -0.2) is 4.98 Å². The third-order valence-electron chi connectivity index (χ3n) is 3.12. The second-order valence-corrected chi connectivity index (χ2v) is 6.19. The molecule has 0 aliphatic carbocycles. The minimum absolute atomic E-state index is 0.144. The molecular weight excluding hydrogens is 298 g/mol. The molecular formula is C16H21N3O2S. The number of hydrogen-bond donors (Lipinski definition) is 3. The standard InChI is InChI=1S/C16H21N3O2S/c1-11(20)9-18-15(21)8-13-10-22-16(19-13)14(17)7-12-5-3-2-4-6-12/h2-6,10-11,14,20H,7-9,17H2,1H3,(H,18,21). The number of aliphatic hydroxyl groups excluding tert-OH is 1. The van der Waals surface area contributed by atoms with Crippen molar-refractivity contribution in [1.29, 1.82) is 0 Å². The molecule has 118 valence electrons. The van der Waals surface area contributed by atoms with Crippen LogP contribution in [0, 0.1) is 0 Å². The highest BCUT2D eigenvalue weighted by Crippen LogP contribution is 2.20. The van der Waals surface area contributed by atoms with Crippen molar-refractivity contribution in [3.8, 4) is 0 Å². The number of thiazole rings is 1. The topological polar surface area (TPSA) is 88.2 Å². The largest absolute Gasteiger partial charge is 0.392 e. The molecule has 0 aliphatic rings. The number of nitrogens with zero attached hydrogens (tertiary/aromatic N) is 1. The second kappa shape index (κ2) is 8.03. The number of aromatic nitrogens is 1. The van der Waals surface area contributed by atoms with Crippen LogP contribution in [0.5, 0.6) is 0 Å². The third kappa shape index (κ3) is 5.22. The number of nitrogens with one attached hydrogen (secondary N) is 1. The Bertz CT molecular complexity index is 598. The van der Waals surface area contributed by atoms with Gasteiger partial charge in [0.1, 0.15) is 5.01 Å². The normalized spacial score (nSPS) is 13.6. The molecule has 0 bridgehead atoms. The summed E-state index contributed by atoms with van der Waals surface area (Å²) >= 11 is 1.48. The first-order valence-electron chi connectivity index (χ1n) is 7.23. The molecule has 1 heterocycles. The number of hydrogen-bond acceptors (Lipinski definition) is 5. The number of nitrogens with two attached hydrogens (primary N) is 1. The van der Waals surface area contributed by atoms with E-state index in [0.717, 1.165) is 11.4 Å². The highest BCUT2D eigenvalue weighted by molar-refractivity contribution is 7.09. The number of amides is 1. The summed E-state index contributed by atoms with van der Waals surface area (Å²) in [6, 6.07) is 9.86. The smallest absolute Gasteiger partial charge is 0.226 e. The van der Waals surface area contributed by atoms with Crippen LogP contribution in [-0.4, -0.2) is 28.6 Å². The summed E-state index contributed by atoms with van der Waals surface area (Å²) in [4.78, 5) is 16.1. The fourth-order valence-corrected chi connectivity index (χ4v) is 2.84. The van der Waals surface area contributed by atoms with Gasteiger partial charge in [0.2, 0.25) is 5.91 Å². The van der Waals surface area contributed by atoms with Crippen molar-refractivity contribution in [2.45, 2.75) is 31.9 Å². The van der Waals surface area contributed by atoms with Crippen LogP contribution >= 0.6 is 11.3 Å². The van der Waals surface area contributed by atoms with Crippen LogP contribution in [0.25, 0.3) is 0 Å². The van der Waals surface area contributed by atoms with Gasteiger partial charge >= 0.3 is 0 Å².